The third-order valence-corrected chi connectivity index (χ3v) is 3.27. The average molecular weight is 324 g/mol. The zero-order chi connectivity index (χ0) is 17.5. The van der Waals surface area contributed by atoms with Crippen LogP contribution in [0.2, 0.25) is 0 Å². The molecule has 124 valence electrons. The number of hydrazone groups is 1. The van der Waals surface area contributed by atoms with Gasteiger partial charge in [-0.3, -0.25) is 9.59 Å². The summed E-state index contributed by atoms with van der Waals surface area (Å²) in [6, 6.07) is 14.8. The Balaban J connectivity index is 1.88. The Labute approximate surface area is 141 Å². The summed E-state index contributed by atoms with van der Waals surface area (Å²) in [5, 5.41) is 6.32. The second kappa shape index (κ2) is 7.92. The average Bonchev–Trinajstić information content (AvgIpc) is 2.55. The Morgan fingerprint density at radius 2 is 1.75 bits per heavy atom. The van der Waals surface area contributed by atoms with Gasteiger partial charge in [-0.1, -0.05) is 24.3 Å². The summed E-state index contributed by atoms with van der Waals surface area (Å²) in [4.78, 5) is 25.5. The Hall–Kier alpha value is -3.15. The summed E-state index contributed by atoms with van der Waals surface area (Å²) in [5.74, 6) is -1.58. The van der Waals surface area contributed by atoms with Crippen molar-refractivity contribution in [1.29, 1.82) is 0 Å². The number of rotatable bonds is 4. The van der Waals surface area contributed by atoms with Gasteiger partial charge < -0.3 is 10.2 Å². The monoisotopic (exact) mass is 324 g/mol. The molecule has 0 spiro atoms. The number of aryl methyl sites for hydroxylation is 1. The SMILES string of the molecule is Cc1cccc(NC(=O)C(=O)N/N=C\c2ccc(N(C)C)cc2)c1. The summed E-state index contributed by atoms with van der Waals surface area (Å²) < 4.78 is 0. The van der Waals surface area contributed by atoms with Gasteiger partial charge in [0.1, 0.15) is 0 Å². The van der Waals surface area contributed by atoms with Crippen molar-refractivity contribution in [3.8, 4) is 0 Å². The number of hydrogen-bond donors (Lipinski definition) is 2. The van der Waals surface area contributed by atoms with E-state index in [9.17, 15) is 9.59 Å². The third kappa shape index (κ3) is 4.95. The summed E-state index contributed by atoms with van der Waals surface area (Å²) >= 11 is 0. The van der Waals surface area contributed by atoms with Gasteiger partial charge in [-0.2, -0.15) is 5.10 Å². The van der Waals surface area contributed by atoms with Gasteiger partial charge in [0.25, 0.3) is 0 Å². The van der Waals surface area contributed by atoms with Gasteiger partial charge in [-0.15, -0.1) is 0 Å². The number of carbonyl (C=O) groups excluding carboxylic acids is 2. The molecule has 0 saturated carbocycles. The molecule has 24 heavy (non-hydrogen) atoms. The topological polar surface area (TPSA) is 73.8 Å². The van der Waals surface area contributed by atoms with Crippen LogP contribution in [0, 0.1) is 6.92 Å². The van der Waals surface area contributed by atoms with E-state index in [0.717, 1.165) is 16.8 Å². The molecule has 0 aliphatic carbocycles. The van der Waals surface area contributed by atoms with E-state index in [2.05, 4.69) is 15.8 Å². The summed E-state index contributed by atoms with van der Waals surface area (Å²) in [6.45, 7) is 1.90. The maximum Gasteiger partial charge on any atom is 0.329 e. The predicted octanol–water partition coefficient (Wildman–Crippen LogP) is 2.15. The van der Waals surface area contributed by atoms with Crippen LogP contribution in [0.1, 0.15) is 11.1 Å². The minimum atomic E-state index is -0.822. The first-order chi connectivity index (χ1) is 11.5. The minimum absolute atomic E-state index is 0.568. The van der Waals surface area contributed by atoms with Crippen molar-refractivity contribution in [1.82, 2.24) is 5.43 Å². The highest BCUT2D eigenvalue weighted by atomic mass is 16.2. The molecule has 2 N–H and O–H groups in total. The molecular formula is C18H20N4O2. The highest BCUT2D eigenvalue weighted by molar-refractivity contribution is 6.39. The Bertz CT molecular complexity index is 752. The molecule has 2 aromatic carbocycles. The highest BCUT2D eigenvalue weighted by Gasteiger charge is 2.12. The van der Waals surface area contributed by atoms with Crippen molar-refractivity contribution in [2.75, 3.05) is 24.3 Å². The van der Waals surface area contributed by atoms with Crippen LogP contribution in [-0.4, -0.2) is 32.1 Å². The normalized spacial score (nSPS) is 10.5. The van der Waals surface area contributed by atoms with Gasteiger partial charge in [0.15, 0.2) is 0 Å². The molecule has 0 unspecified atom stereocenters. The minimum Gasteiger partial charge on any atom is -0.378 e. The van der Waals surface area contributed by atoms with Crippen molar-refractivity contribution in [2.24, 2.45) is 5.10 Å². The van der Waals surface area contributed by atoms with Crippen LogP contribution in [-0.2, 0) is 9.59 Å². The van der Waals surface area contributed by atoms with Gasteiger partial charge >= 0.3 is 11.8 Å². The van der Waals surface area contributed by atoms with Crippen LogP contribution in [0.4, 0.5) is 11.4 Å². The molecule has 0 saturated heterocycles. The summed E-state index contributed by atoms with van der Waals surface area (Å²) in [6.07, 6.45) is 1.48. The van der Waals surface area contributed by atoms with E-state index >= 15 is 0 Å². The maximum absolute atomic E-state index is 11.8. The Morgan fingerprint density at radius 1 is 1.04 bits per heavy atom. The molecule has 2 rings (SSSR count). The van der Waals surface area contributed by atoms with E-state index in [1.165, 1.54) is 6.21 Å². The first-order valence-electron chi connectivity index (χ1n) is 7.44. The van der Waals surface area contributed by atoms with Crippen molar-refractivity contribution in [3.05, 3.63) is 59.7 Å². The smallest absolute Gasteiger partial charge is 0.329 e. The zero-order valence-corrected chi connectivity index (χ0v) is 13.9. The van der Waals surface area contributed by atoms with Crippen LogP contribution in [0.15, 0.2) is 53.6 Å². The van der Waals surface area contributed by atoms with Crippen molar-refractivity contribution in [2.45, 2.75) is 6.92 Å². The van der Waals surface area contributed by atoms with Crippen LogP contribution < -0.4 is 15.6 Å². The van der Waals surface area contributed by atoms with Crippen molar-refractivity contribution < 1.29 is 9.59 Å². The van der Waals surface area contributed by atoms with Crippen molar-refractivity contribution in [3.63, 3.8) is 0 Å². The Kier molecular flexibility index (Phi) is 5.68. The fraction of sp³-hybridized carbons (Fsp3) is 0.167. The quantitative estimate of drug-likeness (QED) is 0.514. The van der Waals surface area contributed by atoms with Gasteiger partial charge in [0.2, 0.25) is 0 Å². The first-order valence-corrected chi connectivity index (χ1v) is 7.44. The number of nitrogens with zero attached hydrogens (tertiary/aromatic N) is 2. The van der Waals surface area contributed by atoms with E-state index in [4.69, 9.17) is 0 Å². The molecule has 0 atom stereocenters. The summed E-state index contributed by atoms with van der Waals surface area (Å²) in [5.41, 5.74) is 5.66. The molecular weight excluding hydrogens is 304 g/mol. The van der Waals surface area contributed by atoms with Crippen LogP contribution >= 0.6 is 0 Å². The number of benzene rings is 2. The molecule has 2 amide bonds. The number of amides is 2. The summed E-state index contributed by atoms with van der Waals surface area (Å²) in [7, 11) is 3.91. The van der Waals surface area contributed by atoms with E-state index in [1.807, 2.05) is 56.3 Å². The maximum atomic E-state index is 11.8. The number of carbonyl (C=O) groups is 2. The highest BCUT2D eigenvalue weighted by Crippen LogP contribution is 2.11. The number of hydrogen-bond acceptors (Lipinski definition) is 4. The molecule has 0 bridgehead atoms. The number of anilines is 2. The van der Waals surface area contributed by atoms with Gasteiger partial charge in [0.05, 0.1) is 6.21 Å². The number of nitrogens with one attached hydrogen (secondary N) is 2. The van der Waals surface area contributed by atoms with Gasteiger partial charge in [0, 0.05) is 25.5 Å². The lowest BCUT2D eigenvalue weighted by molar-refractivity contribution is -0.136. The van der Waals surface area contributed by atoms with Crippen LogP contribution in [0.5, 0.6) is 0 Å². The largest absolute Gasteiger partial charge is 0.378 e. The fourth-order valence-electron chi connectivity index (χ4n) is 1.99. The fourth-order valence-corrected chi connectivity index (χ4v) is 1.99. The van der Waals surface area contributed by atoms with Crippen molar-refractivity contribution >= 4 is 29.4 Å². The van der Waals surface area contributed by atoms with Gasteiger partial charge in [-0.05, 0) is 42.3 Å². The van der Waals surface area contributed by atoms with Crippen LogP contribution in [0.25, 0.3) is 0 Å². The molecule has 6 heteroatoms. The predicted molar refractivity (Wildman–Crippen MR) is 96.3 cm³/mol. The third-order valence-electron chi connectivity index (χ3n) is 3.27. The molecule has 0 fully saturated rings. The molecule has 2 aromatic rings. The second-order valence-electron chi connectivity index (χ2n) is 5.51. The van der Waals surface area contributed by atoms with E-state index in [1.54, 1.807) is 18.2 Å². The standard InChI is InChI=1S/C18H20N4O2/c1-13-5-4-6-15(11-13)20-17(23)18(24)21-19-12-14-7-9-16(10-8-14)22(2)3/h4-12H,1-3H3,(H,20,23)(H,21,24)/b19-12-. The lowest BCUT2D eigenvalue weighted by Crippen LogP contribution is -2.32. The van der Waals surface area contributed by atoms with Gasteiger partial charge in [-0.25, -0.2) is 5.43 Å². The molecule has 0 radical (unpaired) electrons. The molecule has 0 aliphatic rings. The van der Waals surface area contributed by atoms with E-state index < -0.39 is 11.8 Å². The molecule has 0 aromatic heterocycles. The second-order valence-corrected chi connectivity index (χ2v) is 5.51. The molecule has 6 nitrogen and oxygen atoms in total. The lowest BCUT2D eigenvalue weighted by Gasteiger charge is -2.11. The van der Waals surface area contributed by atoms with Crippen LogP contribution in [0.3, 0.4) is 0 Å². The Morgan fingerprint density at radius 3 is 2.38 bits per heavy atom. The zero-order valence-electron chi connectivity index (χ0n) is 13.9. The first kappa shape index (κ1) is 17.2. The molecule has 0 aliphatic heterocycles. The van der Waals surface area contributed by atoms with E-state index in [-0.39, 0.29) is 0 Å². The lowest BCUT2D eigenvalue weighted by atomic mass is 10.2. The molecule has 0 heterocycles. The van der Waals surface area contributed by atoms with E-state index in [0.29, 0.717) is 5.69 Å².